The van der Waals surface area contributed by atoms with Crippen LogP contribution in [0.4, 0.5) is 4.79 Å². The fourth-order valence-corrected chi connectivity index (χ4v) is 2.76. The number of aliphatic hydroxyl groups excluding tert-OH is 1. The molecule has 112 valence electrons. The number of aliphatic hydroxyl groups is 1. The van der Waals surface area contributed by atoms with E-state index in [1.165, 1.54) is 32.1 Å². The molecule has 4 nitrogen and oxygen atoms in total. The molecule has 0 bridgehead atoms. The van der Waals surface area contributed by atoms with Gasteiger partial charge in [0.25, 0.3) is 0 Å². The van der Waals surface area contributed by atoms with E-state index in [0.717, 1.165) is 0 Å². The minimum absolute atomic E-state index is 0.0176. The lowest BCUT2D eigenvalue weighted by Gasteiger charge is -2.37. The number of hydrogen-bond donors (Lipinski definition) is 1. The first-order chi connectivity index (χ1) is 8.85. The summed E-state index contributed by atoms with van der Waals surface area (Å²) in [5.41, 5.74) is -0.489. The van der Waals surface area contributed by atoms with Crippen LogP contribution in [0.3, 0.4) is 0 Å². The molecule has 19 heavy (non-hydrogen) atoms. The lowest BCUT2D eigenvalue weighted by molar-refractivity contribution is 0.00528. The van der Waals surface area contributed by atoms with Crippen LogP contribution < -0.4 is 0 Å². The SMILES string of the molecule is CC(C1CCCCC1)N(CCO)C(=O)OC(C)(C)C. The van der Waals surface area contributed by atoms with Crippen molar-refractivity contribution in [2.45, 2.75) is 71.4 Å². The van der Waals surface area contributed by atoms with Crippen LogP contribution in [0.25, 0.3) is 0 Å². The summed E-state index contributed by atoms with van der Waals surface area (Å²) >= 11 is 0. The van der Waals surface area contributed by atoms with Crippen molar-refractivity contribution in [3.05, 3.63) is 0 Å². The zero-order chi connectivity index (χ0) is 14.5. The number of amides is 1. The number of nitrogens with zero attached hydrogens (tertiary/aromatic N) is 1. The third kappa shape index (κ3) is 5.39. The summed E-state index contributed by atoms with van der Waals surface area (Å²) in [5.74, 6) is 0.535. The average molecular weight is 271 g/mol. The molecule has 1 saturated carbocycles. The summed E-state index contributed by atoms with van der Waals surface area (Å²) in [7, 11) is 0. The predicted molar refractivity (Wildman–Crippen MR) is 76.1 cm³/mol. The molecule has 1 rings (SSSR count). The minimum Gasteiger partial charge on any atom is -0.444 e. The van der Waals surface area contributed by atoms with Crippen molar-refractivity contribution in [3.63, 3.8) is 0 Å². The summed E-state index contributed by atoms with van der Waals surface area (Å²) < 4.78 is 5.44. The van der Waals surface area contributed by atoms with E-state index in [-0.39, 0.29) is 18.7 Å². The number of rotatable bonds is 4. The zero-order valence-corrected chi connectivity index (χ0v) is 12.8. The van der Waals surface area contributed by atoms with Gasteiger partial charge in [-0.1, -0.05) is 19.3 Å². The van der Waals surface area contributed by atoms with Gasteiger partial charge in [-0.2, -0.15) is 0 Å². The molecule has 0 saturated heterocycles. The third-order valence-electron chi connectivity index (χ3n) is 3.79. The largest absolute Gasteiger partial charge is 0.444 e. The van der Waals surface area contributed by atoms with E-state index in [9.17, 15) is 9.90 Å². The van der Waals surface area contributed by atoms with Crippen molar-refractivity contribution >= 4 is 6.09 Å². The summed E-state index contributed by atoms with van der Waals surface area (Å²) in [5, 5.41) is 9.18. The van der Waals surface area contributed by atoms with Crippen LogP contribution in [0.5, 0.6) is 0 Å². The molecule has 1 aliphatic carbocycles. The molecule has 0 heterocycles. The lowest BCUT2D eigenvalue weighted by atomic mass is 9.84. The van der Waals surface area contributed by atoms with Gasteiger partial charge >= 0.3 is 6.09 Å². The molecule has 4 heteroatoms. The van der Waals surface area contributed by atoms with Crippen molar-refractivity contribution in [1.29, 1.82) is 0 Å². The van der Waals surface area contributed by atoms with Gasteiger partial charge in [-0.05, 0) is 46.5 Å². The summed E-state index contributed by atoms with van der Waals surface area (Å²) in [6.45, 7) is 8.02. The fourth-order valence-electron chi connectivity index (χ4n) is 2.76. The Bertz CT molecular complexity index is 280. The molecule has 0 spiro atoms. The normalized spacial score (nSPS) is 19.0. The highest BCUT2D eigenvalue weighted by Crippen LogP contribution is 2.29. The van der Waals surface area contributed by atoms with Crippen molar-refractivity contribution in [3.8, 4) is 0 Å². The van der Waals surface area contributed by atoms with Crippen molar-refractivity contribution in [2.24, 2.45) is 5.92 Å². The van der Waals surface area contributed by atoms with Gasteiger partial charge in [0, 0.05) is 12.6 Å². The van der Waals surface area contributed by atoms with Crippen molar-refractivity contribution in [2.75, 3.05) is 13.2 Å². The van der Waals surface area contributed by atoms with Gasteiger partial charge in [0.2, 0.25) is 0 Å². The summed E-state index contributed by atoms with van der Waals surface area (Å²) in [6, 6.07) is 0.141. The molecule has 0 aromatic heterocycles. The Morgan fingerprint density at radius 1 is 1.32 bits per heavy atom. The Hall–Kier alpha value is -0.770. The van der Waals surface area contributed by atoms with Crippen LogP contribution in [0.15, 0.2) is 0 Å². The van der Waals surface area contributed by atoms with Gasteiger partial charge in [0.05, 0.1) is 6.61 Å². The van der Waals surface area contributed by atoms with Gasteiger partial charge < -0.3 is 14.7 Å². The topological polar surface area (TPSA) is 49.8 Å². The average Bonchev–Trinajstić information content (AvgIpc) is 2.34. The first kappa shape index (κ1) is 16.3. The Morgan fingerprint density at radius 3 is 2.37 bits per heavy atom. The smallest absolute Gasteiger partial charge is 0.410 e. The Kier molecular flexibility index (Phi) is 6.11. The molecule has 1 amide bonds. The fraction of sp³-hybridized carbons (Fsp3) is 0.933. The second-order valence-electron chi connectivity index (χ2n) is 6.54. The van der Waals surface area contributed by atoms with Crippen LogP contribution >= 0.6 is 0 Å². The maximum absolute atomic E-state index is 12.2. The highest BCUT2D eigenvalue weighted by Gasteiger charge is 2.30. The van der Waals surface area contributed by atoms with E-state index < -0.39 is 5.60 Å². The molecule has 0 aromatic carbocycles. The summed E-state index contributed by atoms with van der Waals surface area (Å²) in [6.07, 6.45) is 5.83. The first-order valence-corrected chi connectivity index (χ1v) is 7.45. The number of ether oxygens (including phenoxy) is 1. The van der Waals surface area contributed by atoms with E-state index in [0.29, 0.717) is 12.5 Å². The van der Waals surface area contributed by atoms with Gasteiger partial charge in [-0.25, -0.2) is 4.79 Å². The molecular formula is C15H29NO3. The van der Waals surface area contributed by atoms with E-state index in [1.54, 1.807) is 4.90 Å². The molecule has 1 aliphatic rings. The Balaban J connectivity index is 2.66. The molecule has 1 N–H and O–H groups in total. The zero-order valence-electron chi connectivity index (χ0n) is 12.8. The molecule has 1 atom stereocenters. The maximum atomic E-state index is 12.2. The van der Waals surface area contributed by atoms with Crippen LogP contribution in [0.1, 0.15) is 59.8 Å². The monoisotopic (exact) mass is 271 g/mol. The van der Waals surface area contributed by atoms with Crippen LogP contribution in [-0.4, -0.2) is 40.9 Å². The van der Waals surface area contributed by atoms with E-state index in [2.05, 4.69) is 6.92 Å². The molecular weight excluding hydrogens is 242 g/mol. The van der Waals surface area contributed by atoms with Crippen molar-refractivity contribution in [1.82, 2.24) is 4.90 Å². The first-order valence-electron chi connectivity index (χ1n) is 7.45. The maximum Gasteiger partial charge on any atom is 0.410 e. The van der Waals surface area contributed by atoms with Gasteiger partial charge in [0.15, 0.2) is 0 Å². The van der Waals surface area contributed by atoms with Crippen LogP contribution in [0.2, 0.25) is 0 Å². The highest BCUT2D eigenvalue weighted by molar-refractivity contribution is 5.68. The second-order valence-corrected chi connectivity index (χ2v) is 6.54. The van der Waals surface area contributed by atoms with Crippen molar-refractivity contribution < 1.29 is 14.6 Å². The minimum atomic E-state index is -0.489. The van der Waals surface area contributed by atoms with E-state index in [4.69, 9.17) is 4.74 Å². The number of carbonyl (C=O) groups is 1. The van der Waals surface area contributed by atoms with Gasteiger partial charge in [-0.3, -0.25) is 0 Å². The Morgan fingerprint density at radius 2 is 1.89 bits per heavy atom. The molecule has 0 radical (unpaired) electrons. The molecule has 1 unspecified atom stereocenters. The molecule has 1 fully saturated rings. The van der Waals surface area contributed by atoms with Crippen LogP contribution in [-0.2, 0) is 4.74 Å². The summed E-state index contributed by atoms with van der Waals surface area (Å²) in [4.78, 5) is 13.9. The standard InChI is InChI=1S/C15H29NO3/c1-12(13-8-6-5-7-9-13)16(10-11-17)14(18)19-15(2,3)4/h12-13,17H,5-11H2,1-4H3. The van der Waals surface area contributed by atoms with E-state index >= 15 is 0 Å². The lowest BCUT2D eigenvalue weighted by Crippen LogP contribution is -2.47. The molecule has 0 aliphatic heterocycles. The highest BCUT2D eigenvalue weighted by atomic mass is 16.6. The number of hydrogen-bond acceptors (Lipinski definition) is 3. The third-order valence-corrected chi connectivity index (χ3v) is 3.79. The second kappa shape index (κ2) is 7.13. The predicted octanol–water partition coefficient (Wildman–Crippen LogP) is 3.18. The quantitative estimate of drug-likeness (QED) is 0.854. The van der Waals surface area contributed by atoms with E-state index in [1.807, 2.05) is 20.8 Å². The number of carbonyl (C=O) groups excluding carboxylic acids is 1. The van der Waals surface area contributed by atoms with Crippen LogP contribution in [0, 0.1) is 5.92 Å². The molecule has 0 aromatic rings. The van der Waals surface area contributed by atoms with Gasteiger partial charge in [-0.15, -0.1) is 0 Å². The Labute approximate surface area is 117 Å². The van der Waals surface area contributed by atoms with Gasteiger partial charge in [0.1, 0.15) is 5.60 Å².